The lowest BCUT2D eigenvalue weighted by atomic mass is 10.2. The first-order chi connectivity index (χ1) is 9.92. The summed E-state index contributed by atoms with van der Waals surface area (Å²) in [4.78, 5) is 1.05. The van der Waals surface area contributed by atoms with E-state index in [2.05, 4.69) is 10.0 Å². The molecule has 114 valence electrons. The van der Waals surface area contributed by atoms with Crippen LogP contribution in [0.4, 0.5) is 0 Å². The van der Waals surface area contributed by atoms with Gasteiger partial charge in [-0.25, -0.2) is 13.1 Å². The summed E-state index contributed by atoms with van der Waals surface area (Å²) < 4.78 is 27.7. The van der Waals surface area contributed by atoms with Crippen LogP contribution in [0, 0.1) is 13.8 Å². The molecular weight excluding hydrogens is 304 g/mol. The second-order valence-electron chi connectivity index (χ2n) is 5.01. The van der Waals surface area contributed by atoms with Gasteiger partial charge in [0.2, 0.25) is 10.0 Å². The second-order valence-corrected chi connectivity index (χ2v) is 8.14. The summed E-state index contributed by atoms with van der Waals surface area (Å²) in [5, 5.41) is 3.05. The highest BCUT2D eigenvalue weighted by Crippen LogP contribution is 2.25. The predicted molar refractivity (Wildman–Crippen MR) is 87.0 cm³/mol. The van der Waals surface area contributed by atoms with Gasteiger partial charge in [-0.2, -0.15) is 0 Å². The molecular formula is C15H20N2O2S2. The van der Waals surface area contributed by atoms with Crippen molar-refractivity contribution in [3.05, 3.63) is 51.9 Å². The van der Waals surface area contributed by atoms with Crippen LogP contribution in [0.15, 0.2) is 34.5 Å². The number of hydrogen-bond donors (Lipinski definition) is 2. The molecule has 0 aliphatic heterocycles. The Morgan fingerprint density at radius 1 is 1.10 bits per heavy atom. The highest BCUT2D eigenvalue weighted by atomic mass is 32.2. The molecule has 4 nitrogen and oxygen atoms in total. The summed E-state index contributed by atoms with van der Waals surface area (Å²) in [5.74, 6) is 0. The van der Waals surface area contributed by atoms with Gasteiger partial charge in [0.25, 0.3) is 0 Å². The normalized spacial score (nSPS) is 11.8. The van der Waals surface area contributed by atoms with E-state index in [0.29, 0.717) is 17.3 Å². The van der Waals surface area contributed by atoms with E-state index in [1.165, 1.54) is 11.3 Å². The Labute approximate surface area is 130 Å². The van der Waals surface area contributed by atoms with Gasteiger partial charge in [0.05, 0.1) is 0 Å². The fraction of sp³-hybridized carbons (Fsp3) is 0.333. The summed E-state index contributed by atoms with van der Waals surface area (Å²) in [5.41, 5.74) is 3.12. The highest BCUT2D eigenvalue weighted by molar-refractivity contribution is 7.91. The Balaban J connectivity index is 2.11. The predicted octanol–water partition coefficient (Wildman–Crippen LogP) is 2.56. The van der Waals surface area contributed by atoms with Crippen LogP contribution in [0.5, 0.6) is 0 Å². The monoisotopic (exact) mass is 324 g/mol. The molecule has 0 atom stereocenters. The number of nitrogens with one attached hydrogen (secondary N) is 2. The lowest BCUT2D eigenvalue weighted by Crippen LogP contribution is -2.22. The van der Waals surface area contributed by atoms with E-state index in [0.717, 1.165) is 21.6 Å². The Morgan fingerprint density at radius 2 is 1.76 bits per heavy atom. The van der Waals surface area contributed by atoms with Crippen LogP contribution in [0.3, 0.4) is 0 Å². The number of sulfonamides is 1. The van der Waals surface area contributed by atoms with Gasteiger partial charge in [-0.1, -0.05) is 29.8 Å². The molecule has 0 aliphatic rings. The van der Waals surface area contributed by atoms with Gasteiger partial charge in [0.15, 0.2) is 0 Å². The summed E-state index contributed by atoms with van der Waals surface area (Å²) in [6, 6.07) is 9.55. The van der Waals surface area contributed by atoms with Crippen LogP contribution in [-0.2, 0) is 23.1 Å². The van der Waals surface area contributed by atoms with Gasteiger partial charge in [0, 0.05) is 18.0 Å². The molecule has 1 aromatic heterocycles. The number of thiophene rings is 1. The SMILES string of the molecule is CNCc1sc(S(=O)(=O)NCc2ccc(C)cc2)cc1C. The highest BCUT2D eigenvalue weighted by Gasteiger charge is 2.18. The first kappa shape index (κ1) is 16.2. The van der Waals surface area contributed by atoms with Gasteiger partial charge in [0.1, 0.15) is 4.21 Å². The minimum atomic E-state index is -3.45. The fourth-order valence-electron chi connectivity index (χ4n) is 1.91. The van der Waals surface area contributed by atoms with E-state index in [1.807, 2.05) is 45.2 Å². The van der Waals surface area contributed by atoms with Gasteiger partial charge >= 0.3 is 0 Å². The van der Waals surface area contributed by atoms with E-state index in [4.69, 9.17) is 0 Å². The first-order valence-electron chi connectivity index (χ1n) is 6.71. The quantitative estimate of drug-likeness (QED) is 0.858. The molecule has 0 aliphatic carbocycles. The Bertz CT molecular complexity index is 704. The van der Waals surface area contributed by atoms with Gasteiger partial charge in [-0.15, -0.1) is 11.3 Å². The number of aryl methyl sites for hydroxylation is 2. The standard InChI is InChI=1S/C15H20N2O2S2/c1-11-4-6-13(7-5-11)9-17-21(18,19)15-8-12(2)14(20-15)10-16-3/h4-8,16-17H,9-10H2,1-3H3. The summed E-state index contributed by atoms with van der Waals surface area (Å²) >= 11 is 1.32. The zero-order valence-corrected chi connectivity index (χ0v) is 14.1. The third-order valence-corrected chi connectivity index (χ3v) is 6.30. The van der Waals surface area contributed by atoms with Crippen LogP contribution >= 0.6 is 11.3 Å². The summed E-state index contributed by atoms with van der Waals surface area (Å²) in [6.45, 7) is 4.93. The van der Waals surface area contributed by atoms with E-state index in [9.17, 15) is 8.42 Å². The largest absolute Gasteiger partial charge is 0.315 e. The van der Waals surface area contributed by atoms with Crippen molar-refractivity contribution in [1.82, 2.24) is 10.0 Å². The maximum absolute atomic E-state index is 12.3. The number of rotatable bonds is 6. The number of benzene rings is 1. The second kappa shape index (κ2) is 6.70. The first-order valence-corrected chi connectivity index (χ1v) is 9.01. The van der Waals surface area contributed by atoms with Gasteiger partial charge < -0.3 is 5.32 Å². The lowest BCUT2D eigenvalue weighted by Gasteiger charge is -2.05. The zero-order valence-electron chi connectivity index (χ0n) is 12.4. The summed E-state index contributed by atoms with van der Waals surface area (Å²) in [6.07, 6.45) is 0. The Kier molecular flexibility index (Phi) is 5.16. The minimum Gasteiger partial charge on any atom is -0.315 e. The molecule has 21 heavy (non-hydrogen) atoms. The van der Waals surface area contributed by atoms with Crippen molar-refractivity contribution in [3.8, 4) is 0 Å². The smallest absolute Gasteiger partial charge is 0.250 e. The maximum atomic E-state index is 12.3. The molecule has 0 radical (unpaired) electrons. The molecule has 0 unspecified atom stereocenters. The third kappa shape index (κ3) is 4.14. The average molecular weight is 324 g/mol. The van der Waals surface area contributed by atoms with Crippen molar-refractivity contribution in [2.24, 2.45) is 0 Å². The van der Waals surface area contributed by atoms with Crippen LogP contribution in [0.2, 0.25) is 0 Å². The molecule has 2 N–H and O–H groups in total. The minimum absolute atomic E-state index is 0.306. The van der Waals surface area contributed by atoms with Crippen LogP contribution < -0.4 is 10.0 Å². The molecule has 1 aromatic carbocycles. The van der Waals surface area contributed by atoms with Crippen molar-refractivity contribution in [3.63, 3.8) is 0 Å². The molecule has 1 heterocycles. The maximum Gasteiger partial charge on any atom is 0.250 e. The van der Waals surface area contributed by atoms with Crippen LogP contribution in [0.1, 0.15) is 21.6 Å². The van der Waals surface area contributed by atoms with Crippen molar-refractivity contribution in [2.75, 3.05) is 7.05 Å². The topological polar surface area (TPSA) is 58.2 Å². The zero-order chi connectivity index (χ0) is 15.5. The molecule has 2 rings (SSSR count). The molecule has 0 saturated carbocycles. The van der Waals surface area contributed by atoms with Crippen LogP contribution in [-0.4, -0.2) is 15.5 Å². The molecule has 0 amide bonds. The molecule has 0 bridgehead atoms. The van der Waals surface area contributed by atoms with E-state index in [1.54, 1.807) is 6.07 Å². The Morgan fingerprint density at radius 3 is 2.38 bits per heavy atom. The molecule has 0 spiro atoms. The van der Waals surface area contributed by atoms with Crippen molar-refractivity contribution < 1.29 is 8.42 Å². The summed E-state index contributed by atoms with van der Waals surface area (Å²) in [7, 11) is -1.60. The van der Waals surface area contributed by atoms with Crippen molar-refractivity contribution >= 4 is 21.4 Å². The molecule has 0 fully saturated rings. The molecule has 0 saturated heterocycles. The van der Waals surface area contributed by atoms with E-state index < -0.39 is 10.0 Å². The van der Waals surface area contributed by atoms with Crippen molar-refractivity contribution in [2.45, 2.75) is 31.1 Å². The van der Waals surface area contributed by atoms with Gasteiger partial charge in [-0.05, 0) is 38.1 Å². The molecule has 2 aromatic rings. The average Bonchev–Trinajstić information content (AvgIpc) is 2.81. The third-order valence-electron chi connectivity index (χ3n) is 3.19. The van der Waals surface area contributed by atoms with Crippen LogP contribution in [0.25, 0.3) is 0 Å². The van der Waals surface area contributed by atoms with Gasteiger partial charge in [-0.3, -0.25) is 0 Å². The fourth-order valence-corrected chi connectivity index (χ4v) is 4.58. The Hall–Kier alpha value is -1.21. The van der Waals surface area contributed by atoms with Crippen molar-refractivity contribution in [1.29, 1.82) is 0 Å². The number of hydrogen-bond acceptors (Lipinski definition) is 4. The van der Waals surface area contributed by atoms with E-state index in [-0.39, 0.29) is 0 Å². The van der Waals surface area contributed by atoms with E-state index >= 15 is 0 Å². The lowest BCUT2D eigenvalue weighted by molar-refractivity contribution is 0.583. The molecule has 6 heteroatoms.